The SMILES string of the molecule is CC(NC(=O)CN1CCN(S(=O)(=O)c2ccc(C(N)=O)o2)CC1)c1ccc(Cl)cc1. The normalized spacial score (nSPS) is 16.9. The van der Waals surface area contributed by atoms with Crippen molar-refractivity contribution in [2.24, 2.45) is 5.73 Å². The van der Waals surface area contributed by atoms with Gasteiger partial charge in [-0.2, -0.15) is 4.31 Å². The third kappa shape index (κ3) is 5.20. The Bertz CT molecular complexity index is 1010. The number of furan rings is 1. The highest BCUT2D eigenvalue weighted by molar-refractivity contribution is 7.89. The molecule has 1 unspecified atom stereocenters. The van der Waals surface area contributed by atoms with E-state index in [0.29, 0.717) is 18.1 Å². The lowest BCUT2D eigenvalue weighted by molar-refractivity contribution is -0.123. The van der Waals surface area contributed by atoms with E-state index < -0.39 is 15.9 Å². The van der Waals surface area contributed by atoms with Gasteiger partial charge in [0, 0.05) is 31.2 Å². The maximum Gasteiger partial charge on any atom is 0.284 e. The Morgan fingerprint density at radius 3 is 2.33 bits per heavy atom. The molecule has 1 aromatic heterocycles. The lowest BCUT2D eigenvalue weighted by atomic mass is 10.1. The Morgan fingerprint density at radius 1 is 1.13 bits per heavy atom. The average Bonchev–Trinajstić information content (AvgIpc) is 3.20. The molecule has 9 nitrogen and oxygen atoms in total. The van der Waals surface area contributed by atoms with Gasteiger partial charge in [-0.1, -0.05) is 23.7 Å². The molecule has 0 saturated carbocycles. The molecule has 2 heterocycles. The Labute approximate surface area is 179 Å². The highest BCUT2D eigenvalue weighted by Gasteiger charge is 2.32. The molecule has 1 aliphatic heterocycles. The van der Waals surface area contributed by atoms with Crippen molar-refractivity contribution in [2.45, 2.75) is 18.1 Å². The van der Waals surface area contributed by atoms with Crippen LogP contribution in [-0.4, -0.2) is 62.2 Å². The molecule has 11 heteroatoms. The van der Waals surface area contributed by atoms with Crippen molar-refractivity contribution in [2.75, 3.05) is 32.7 Å². The van der Waals surface area contributed by atoms with Crippen molar-refractivity contribution in [3.05, 3.63) is 52.7 Å². The average molecular weight is 455 g/mol. The van der Waals surface area contributed by atoms with Gasteiger partial charge >= 0.3 is 0 Å². The number of hydrogen-bond donors (Lipinski definition) is 2. The zero-order valence-electron chi connectivity index (χ0n) is 16.4. The van der Waals surface area contributed by atoms with E-state index in [0.717, 1.165) is 5.56 Å². The predicted octanol–water partition coefficient (Wildman–Crippen LogP) is 1.22. The number of carbonyl (C=O) groups is 2. The summed E-state index contributed by atoms with van der Waals surface area (Å²) in [7, 11) is -3.86. The summed E-state index contributed by atoms with van der Waals surface area (Å²) in [6.07, 6.45) is 0. The summed E-state index contributed by atoms with van der Waals surface area (Å²) in [5, 5.41) is 3.24. The molecule has 0 radical (unpaired) electrons. The first-order chi connectivity index (χ1) is 14.2. The molecule has 3 N–H and O–H groups in total. The third-order valence-corrected chi connectivity index (χ3v) is 6.89. The van der Waals surface area contributed by atoms with Crippen LogP contribution in [0.15, 0.2) is 45.9 Å². The van der Waals surface area contributed by atoms with Gasteiger partial charge < -0.3 is 15.5 Å². The second kappa shape index (κ2) is 9.17. The second-order valence-electron chi connectivity index (χ2n) is 7.00. The minimum absolute atomic E-state index is 0.147. The number of amides is 2. The fourth-order valence-electron chi connectivity index (χ4n) is 3.17. The number of piperazine rings is 1. The van der Waals surface area contributed by atoms with Crippen LogP contribution >= 0.6 is 11.6 Å². The van der Waals surface area contributed by atoms with Gasteiger partial charge in [0.05, 0.1) is 12.6 Å². The number of nitrogens with two attached hydrogens (primary N) is 1. The molecule has 0 spiro atoms. The number of hydrogen-bond acceptors (Lipinski definition) is 6. The predicted molar refractivity (Wildman–Crippen MR) is 110 cm³/mol. The van der Waals surface area contributed by atoms with Crippen LogP contribution in [0.5, 0.6) is 0 Å². The molecule has 2 amide bonds. The molecule has 1 aromatic carbocycles. The zero-order chi connectivity index (χ0) is 21.9. The molecule has 162 valence electrons. The van der Waals surface area contributed by atoms with Crippen LogP contribution < -0.4 is 11.1 Å². The summed E-state index contributed by atoms with van der Waals surface area (Å²) < 4.78 is 31.6. The smallest absolute Gasteiger partial charge is 0.284 e. The van der Waals surface area contributed by atoms with Gasteiger partial charge in [0.1, 0.15) is 0 Å². The molecule has 2 aromatic rings. The summed E-state index contributed by atoms with van der Waals surface area (Å²) in [6, 6.07) is 9.53. The minimum Gasteiger partial charge on any atom is -0.438 e. The third-order valence-electron chi connectivity index (χ3n) is 4.86. The Balaban J connectivity index is 1.51. The quantitative estimate of drug-likeness (QED) is 0.647. The summed E-state index contributed by atoms with van der Waals surface area (Å²) in [4.78, 5) is 25.4. The molecule has 1 aliphatic rings. The lowest BCUT2D eigenvalue weighted by Gasteiger charge is -2.33. The van der Waals surface area contributed by atoms with E-state index in [9.17, 15) is 18.0 Å². The number of carbonyl (C=O) groups excluding carboxylic acids is 2. The fraction of sp³-hybridized carbons (Fsp3) is 0.368. The van der Waals surface area contributed by atoms with Gasteiger partial charge in [0.2, 0.25) is 11.0 Å². The Hall–Kier alpha value is -2.40. The molecule has 0 bridgehead atoms. The number of nitrogens with zero attached hydrogens (tertiary/aromatic N) is 2. The van der Waals surface area contributed by atoms with Gasteiger partial charge in [0.15, 0.2) is 5.76 Å². The van der Waals surface area contributed by atoms with Crippen molar-refractivity contribution < 1.29 is 22.4 Å². The van der Waals surface area contributed by atoms with Gasteiger partial charge in [-0.05, 0) is 36.8 Å². The van der Waals surface area contributed by atoms with Crippen LogP contribution in [0.1, 0.15) is 29.1 Å². The van der Waals surface area contributed by atoms with Crippen molar-refractivity contribution in [1.29, 1.82) is 0 Å². The van der Waals surface area contributed by atoms with Crippen LogP contribution in [0, 0.1) is 0 Å². The highest BCUT2D eigenvalue weighted by Crippen LogP contribution is 2.20. The van der Waals surface area contributed by atoms with Gasteiger partial charge in [-0.15, -0.1) is 0 Å². The van der Waals surface area contributed by atoms with Crippen LogP contribution in [0.4, 0.5) is 0 Å². The van der Waals surface area contributed by atoms with E-state index in [1.807, 2.05) is 24.0 Å². The zero-order valence-corrected chi connectivity index (χ0v) is 17.9. The number of halogens is 1. The van der Waals surface area contributed by atoms with E-state index in [4.69, 9.17) is 21.8 Å². The van der Waals surface area contributed by atoms with Gasteiger partial charge in [0.25, 0.3) is 15.9 Å². The number of nitrogens with one attached hydrogen (secondary N) is 1. The first kappa shape index (κ1) is 22.3. The highest BCUT2D eigenvalue weighted by atomic mass is 35.5. The van der Waals surface area contributed by atoms with E-state index >= 15 is 0 Å². The molecule has 1 fully saturated rings. The molecule has 1 saturated heterocycles. The molecule has 3 rings (SSSR count). The van der Waals surface area contributed by atoms with Crippen LogP contribution in [0.25, 0.3) is 0 Å². The summed E-state index contributed by atoms with van der Waals surface area (Å²) in [5.41, 5.74) is 6.04. The van der Waals surface area contributed by atoms with Crippen molar-refractivity contribution in [3.8, 4) is 0 Å². The first-order valence-electron chi connectivity index (χ1n) is 9.34. The number of rotatable bonds is 7. The maximum atomic E-state index is 12.7. The Kier molecular flexibility index (Phi) is 6.81. The minimum atomic E-state index is -3.86. The van der Waals surface area contributed by atoms with Gasteiger partial charge in [-0.3, -0.25) is 14.5 Å². The molecule has 0 aliphatic carbocycles. The maximum absolute atomic E-state index is 12.7. The van der Waals surface area contributed by atoms with E-state index in [1.165, 1.54) is 16.4 Å². The summed E-state index contributed by atoms with van der Waals surface area (Å²) >= 11 is 5.88. The second-order valence-corrected chi connectivity index (χ2v) is 9.31. The standard InChI is InChI=1S/C19H23ClN4O5S/c1-13(14-2-4-15(20)5-3-14)22-17(25)12-23-8-10-24(11-9-23)30(27,28)18-7-6-16(29-18)19(21)26/h2-7,13H,8-12H2,1H3,(H2,21,26)(H,22,25). The van der Waals surface area contributed by atoms with Crippen LogP contribution in [0.3, 0.4) is 0 Å². The summed E-state index contributed by atoms with van der Waals surface area (Å²) in [5.74, 6) is -1.19. The van der Waals surface area contributed by atoms with E-state index in [2.05, 4.69) is 5.32 Å². The monoisotopic (exact) mass is 454 g/mol. The van der Waals surface area contributed by atoms with E-state index in [1.54, 1.807) is 12.1 Å². The summed E-state index contributed by atoms with van der Waals surface area (Å²) in [6.45, 7) is 3.24. The van der Waals surface area contributed by atoms with E-state index in [-0.39, 0.29) is 42.4 Å². The van der Waals surface area contributed by atoms with Crippen LogP contribution in [0.2, 0.25) is 5.02 Å². The first-order valence-corrected chi connectivity index (χ1v) is 11.2. The number of sulfonamides is 1. The van der Waals surface area contributed by atoms with Gasteiger partial charge in [-0.25, -0.2) is 8.42 Å². The lowest BCUT2D eigenvalue weighted by Crippen LogP contribution is -2.51. The molecule has 30 heavy (non-hydrogen) atoms. The molecule has 1 atom stereocenters. The van der Waals surface area contributed by atoms with Crippen molar-refractivity contribution >= 4 is 33.4 Å². The van der Waals surface area contributed by atoms with Crippen molar-refractivity contribution in [3.63, 3.8) is 0 Å². The largest absolute Gasteiger partial charge is 0.438 e. The Morgan fingerprint density at radius 2 is 1.77 bits per heavy atom. The molecular weight excluding hydrogens is 432 g/mol. The van der Waals surface area contributed by atoms with Crippen molar-refractivity contribution in [1.82, 2.24) is 14.5 Å². The van der Waals surface area contributed by atoms with Crippen LogP contribution in [-0.2, 0) is 14.8 Å². The fourth-order valence-corrected chi connectivity index (χ4v) is 4.63. The molecular formula is C19H23ClN4O5S. The number of primary amides is 1. The topological polar surface area (TPSA) is 126 Å². The number of benzene rings is 1.